The van der Waals surface area contributed by atoms with Crippen molar-refractivity contribution in [2.24, 2.45) is 0 Å². The van der Waals surface area contributed by atoms with Crippen LogP contribution >= 0.6 is 11.6 Å². The van der Waals surface area contributed by atoms with Crippen LogP contribution < -0.4 is 10.6 Å². The molecule has 1 rings (SSSR count). The molecule has 0 aliphatic heterocycles. The highest BCUT2D eigenvalue weighted by Crippen LogP contribution is 2.09. The minimum atomic E-state index is -0.726. The second kappa shape index (κ2) is 6.72. The first kappa shape index (κ1) is 16.5. The van der Waals surface area contributed by atoms with Crippen molar-refractivity contribution in [3.63, 3.8) is 0 Å². The minimum absolute atomic E-state index is 0.184. The third-order valence-corrected chi connectivity index (χ3v) is 2.96. The van der Waals surface area contributed by atoms with Crippen LogP contribution in [0.5, 0.6) is 0 Å². The van der Waals surface area contributed by atoms with Crippen LogP contribution in [0.1, 0.15) is 31.1 Å². The summed E-state index contributed by atoms with van der Waals surface area (Å²) in [4.78, 5) is 23.8. The molecule has 0 saturated heterocycles. The lowest BCUT2D eigenvalue weighted by molar-refractivity contribution is -0.124. The molecule has 5 nitrogen and oxygen atoms in total. The van der Waals surface area contributed by atoms with Gasteiger partial charge in [0.15, 0.2) is 0 Å². The van der Waals surface area contributed by atoms with Gasteiger partial charge in [0.2, 0.25) is 5.91 Å². The second-order valence-corrected chi connectivity index (χ2v) is 5.67. The molecule has 20 heavy (non-hydrogen) atoms. The summed E-state index contributed by atoms with van der Waals surface area (Å²) in [7, 11) is 0. The highest BCUT2D eigenvalue weighted by molar-refractivity contribution is 6.30. The predicted molar refractivity (Wildman–Crippen MR) is 77.7 cm³/mol. The van der Waals surface area contributed by atoms with E-state index in [1.165, 1.54) is 0 Å². The third-order valence-electron chi connectivity index (χ3n) is 2.70. The van der Waals surface area contributed by atoms with Crippen molar-refractivity contribution in [3.05, 3.63) is 34.9 Å². The van der Waals surface area contributed by atoms with E-state index in [1.54, 1.807) is 45.0 Å². The Morgan fingerprint density at radius 3 is 2.35 bits per heavy atom. The molecule has 0 aliphatic rings. The topological polar surface area (TPSA) is 78.4 Å². The molecule has 0 aliphatic carbocycles. The van der Waals surface area contributed by atoms with E-state index < -0.39 is 11.6 Å². The molecule has 1 atom stereocenters. The Morgan fingerprint density at radius 2 is 1.85 bits per heavy atom. The van der Waals surface area contributed by atoms with Gasteiger partial charge in [0, 0.05) is 10.6 Å². The fourth-order valence-electron chi connectivity index (χ4n) is 1.43. The van der Waals surface area contributed by atoms with Gasteiger partial charge in [-0.25, -0.2) is 0 Å². The van der Waals surface area contributed by atoms with Crippen LogP contribution in [0, 0.1) is 0 Å². The molecule has 110 valence electrons. The van der Waals surface area contributed by atoms with E-state index >= 15 is 0 Å². The van der Waals surface area contributed by atoms with Crippen LogP contribution in [0.4, 0.5) is 0 Å². The first-order chi connectivity index (χ1) is 9.25. The van der Waals surface area contributed by atoms with Crippen LogP contribution in [0.25, 0.3) is 0 Å². The highest BCUT2D eigenvalue weighted by atomic mass is 35.5. The Morgan fingerprint density at radius 1 is 1.30 bits per heavy atom. The maximum atomic E-state index is 11.9. The molecule has 0 saturated carbocycles. The molecule has 0 aromatic heterocycles. The number of carbonyl (C=O) groups is 2. The van der Waals surface area contributed by atoms with Gasteiger partial charge in [-0.2, -0.15) is 0 Å². The number of aliphatic hydroxyl groups excluding tert-OH is 1. The summed E-state index contributed by atoms with van der Waals surface area (Å²) in [6, 6.07) is 5.68. The van der Waals surface area contributed by atoms with Crippen molar-refractivity contribution < 1.29 is 14.7 Å². The Labute approximate surface area is 123 Å². The largest absolute Gasteiger partial charge is 0.394 e. The van der Waals surface area contributed by atoms with Crippen molar-refractivity contribution >= 4 is 23.4 Å². The molecule has 1 aromatic rings. The van der Waals surface area contributed by atoms with Gasteiger partial charge in [0.1, 0.15) is 6.04 Å². The predicted octanol–water partition coefficient (Wildman–Crippen LogP) is 1.35. The van der Waals surface area contributed by atoms with Crippen LogP contribution in [0.15, 0.2) is 24.3 Å². The molecule has 2 amide bonds. The summed E-state index contributed by atoms with van der Waals surface area (Å²) < 4.78 is 0. The fourth-order valence-corrected chi connectivity index (χ4v) is 1.55. The molecule has 1 aromatic carbocycles. The smallest absolute Gasteiger partial charge is 0.251 e. The summed E-state index contributed by atoms with van der Waals surface area (Å²) >= 11 is 5.74. The lowest BCUT2D eigenvalue weighted by atomic mass is 10.1. The number of halogens is 1. The highest BCUT2D eigenvalue weighted by Gasteiger charge is 2.23. The first-order valence-electron chi connectivity index (χ1n) is 6.24. The van der Waals surface area contributed by atoms with Crippen LogP contribution in [0.3, 0.4) is 0 Å². The van der Waals surface area contributed by atoms with Gasteiger partial charge in [-0.3, -0.25) is 9.59 Å². The average molecular weight is 299 g/mol. The summed E-state index contributed by atoms with van der Waals surface area (Å²) in [5, 5.41) is 14.9. The summed E-state index contributed by atoms with van der Waals surface area (Å²) in [6.07, 6.45) is 0. The Hall–Kier alpha value is -1.59. The maximum absolute atomic E-state index is 11.9. The van der Waals surface area contributed by atoms with Gasteiger partial charge >= 0.3 is 0 Å². The second-order valence-electron chi connectivity index (χ2n) is 5.23. The molecule has 0 heterocycles. The number of benzene rings is 1. The molecular weight excluding hydrogens is 280 g/mol. The fraction of sp³-hybridized carbons (Fsp3) is 0.429. The zero-order valence-corrected chi connectivity index (χ0v) is 12.5. The summed E-state index contributed by atoms with van der Waals surface area (Å²) in [5.41, 5.74) is -0.299. The van der Waals surface area contributed by atoms with E-state index in [2.05, 4.69) is 10.6 Å². The zero-order chi connectivity index (χ0) is 15.3. The van der Waals surface area contributed by atoms with Gasteiger partial charge in [0.05, 0.1) is 12.1 Å². The Balaban J connectivity index is 2.61. The number of hydrogen-bond donors (Lipinski definition) is 3. The van der Waals surface area contributed by atoms with Gasteiger partial charge in [-0.1, -0.05) is 11.6 Å². The monoisotopic (exact) mass is 298 g/mol. The Bertz CT molecular complexity index is 486. The molecular formula is C14H19ClN2O3. The van der Waals surface area contributed by atoms with Crippen molar-refractivity contribution in [2.45, 2.75) is 32.4 Å². The molecule has 0 fully saturated rings. The quantitative estimate of drug-likeness (QED) is 0.768. The summed E-state index contributed by atoms with van der Waals surface area (Å²) in [6.45, 7) is 4.78. The average Bonchev–Trinajstić information content (AvgIpc) is 2.38. The maximum Gasteiger partial charge on any atom is 0.251 e. The Kier molecular flexibility index (Phi) is 5.53. The van der Waals surface area contributed by atoms with E-state index in [1.807, 2.05) is 0 Å². The van der Waals surface area contributed by atoms with Gasteiger partial charge in [-0.05, 0) is 45.0 Å². The van der Waals surface area contributed by atoms with E-state index in [9.17, 15) is 9.59 Å². The van der Waals surface area contributed by atoms with Gasteiger partial charge < -0.3 is 15.7 Å². The third kappa shape index (κ3) is 4.83. The number of hydrogen-bond acceptors (Lipinski definition) is 3. The molecule has 0 bridgehead atoms. The molecule has 3 N–H and O–H groups in total. The lowest BCUT2D eigenvalue weighted by Gasteiger charge is -2.25. The van der Waals surface area contributed by atoms with E-state index in [-0.39, 0.29) is 18.4 Å². The number of rotatable bonds is 5. The van der Waals surface area contributed by atoms with Crippen LogP contribution in [0.2, 0.25) is 5.02 Å². The minimum Gasteiger partial charge on any atom is -0.394 e. The zero-order valence-electron chi connectivity index (χ0n) is 11.7. The number of aliphatic hydroxyl groups is 1. The molecule has 0 spiro atoms. The van der Waals surface area contributed by atoms with Crippen molar-refractivity contribution in [1.82, 2.24) is 10.6 Å². The van der Waals surface area contributed by atoms with Crippen molar-refractivity contribution in [2.75, 3.05) is 6.61 Å². The van der Waals surface area contributed by atoms with Gasteiger partial charge in [0.25, 0.3) is 5.91 Å². The SMILES string of the molecule is C[C@H](NC(=O)c1ccc(Cl)cc1)C(=O)NC(C)(C)CO. The van der Waals surface area contributed by atoms with Crippen molar-refractivity contribution in [1.29, 1.82) is 0 Å². The first-order valence-corrected chi connectivity index (χ1v) is 6.62. The van der Waals surface area contributed by atoms with Gasteiger partial charge in [-0.15, -0.1) is 0 Å². The number of carbonyl (C=O) groups excluding carboxylic acids is 2. The number of nitrogens with one attached hydrogen (secondary N) is 2. The summed E-state index contributed by atoms with van der Waals surface area (Å²) in [5.74, 6) is -0.711. The van der Waals surface area contributed by atoms with Crippen molar-refractivity contribution in [3.8, 4) is 0 Å². The normalized spacial score (nSPS) is 12.7. The number of amides is 2. The van der Waals surface area contributed by atoms with Crippen LogP contribution in [-0.4, -0.2) is 35.1 Å². The molecule has 6 heteroatoms. The lowest BCUT2D eigenvalue weighted by Crippen LogP contribution is -2.53. The van der Waals surface area contributed by atoms with E-state index in [0.717, 1.165) is 0 Å². The standard InChI is InChI=1S/C14H19ClN2O3/c1-9(12(19)17-14(2,3)8-18)16-13(20)10-4-6-11(15)7-5-10/h4-7,9,18H,8H2,1-3H3,(H,16,20)(H,17,19)/t9-/m0/s1. The van der Waals surface area contributed by atoms with E-state index in [0.29, 0.717) is 10.6 Å². The molecule has 0 radical (unpaired) electrons. The van der Waals surface area contributed by atoms with Crippen LogP contribution in [-0.2, 0) is 4.79 Å². The molecule has 0 unspecified atom stereocenters. The van der Waals surface area contributed by atoms with E-state index in [4.69, 9.17) is 16.7 Å².